The van der Waals surface area contributed by atoms with Crippen molar-refractivity contribution in [1.82, 2.24) is 15.3 Å². The summed E-state index contributed by atoms with van der Waals surface area (Å²) in [6, 6.07) is 0. The molecule has 24 heavy (non-hydrogen) atoms. The van der Waals surface area contributed by atoms with Gasteiger partial charge in [0.15, 0.2) is 0 Å². The number of nitrogens with zero attached hydrogens (tertiary/aromatic N) is 5. The highest BCUT2D eigenvalue weighted by molar-refractivity contribution is 7.99. The molecule has 0 radical (unpaired) electrons. The van der Waals surface area contributed by atoms with Crippen LogP contribution in [0.25, 0.3) is 0 Å². The molecule has 10 heteroatoms. The van der Waals surface area contributed by atoms with Gasteiger partial charge in [-0.25, -0.2) is 0 Å². The Bertz CT molecular complexity index is 590. The zero-order valence-electron chi connectivity index (χ0n) is 13.7. The SMILES string of the molecule is CCOc1nc(N2CCNCC2)nc(N2CCSCC2)c1[N+](=O)[O-]. The lowest BCUT2D eigenvalue weighted by Gasteiger charge is -2.30. The lowest BCUT2D eigenvalue weighted by Crippen LogP contribution is -2.44. The van der Waals surface area contributed by atoms with Crippen molar-refractivity contribution in [3.05, 3.63) is 10.1 Å². The van der Waals surface area contributed by atoms with E-state index in [1.165, 1.54) is 0 Å². The van der Waals surface area contributed by atoms with Crippen LogP contribution >= 0.6 is 11.8 Å². The highest BCUT2D eigenvalue weighted by Gasteiger charge is 2.32. The minimum atomic E-state index is -0.427. The molecule has 0 atom stereocenters. The number of piperazine rings is 1. The molecule has 2 saturated heterocycles. The largest absolute Gasteiger partial charge is 0.473 e. The van der Waals surface area contributed by atoms with Crippen molar-refractivity contribution in [2.24, 2.45) is 0 Å². The maximum Gasteiger partial charge on any atom is 0.373 e. The Hall–Kier alpha value is -1.81. The van der Waals surface area contributed by atoms with Gasteiger partial charge in [0.1, 0.15) is 0 Å². The van der Waals surface area contributed by atoms with Crippen LogP contribution in [0.15, 0.2) is 0 Å². The van der Waals surface area contributed by atoms with Crippen LogP contribution < -0.4 is 19.9 Å². The second kappa shape index (κ2) is 7.84. The van der Waals surface area contributed by atoms with Crippen LogP contribution in [0.5, 0.6) is 5.88 Å². The van der Waals surface area contributed by atoms with E-state index < -0.39 is 4.92 Å². The van der Waals surface area contributed by atoms with Crippen LogP contribution in [-0.2, 0) is 0 Å². The lowest BCUT2D eigenvalue weighted by atomic mass is 10.3. The summed E-state index contributed by atoms with van der Waals surface area (Å²) in [6.07, 6.45) is 0. The Morgan fingerprint density at radius 3 is 2.54 bits per heavy atom. The molecule has 1 N–H and O–H groups in total. The second-order valence-corrected chi connectivity index (χ2v) is 6.75. The van der Waals surface area contributed by atoms with E-state index in [1.54, 1.807) is 6.92 Å². The van der Waals surface area contributed by atoms with E-state index in [4.69, 9.17) is 4.74 Å². The molecular weight excluding hydrogens is 332 g/mol. The van der Waals surface area contributed by atoms with Gasteiger partial charge >= 0.3 is 11.6 Å². The molecule has 0 aromatic carbocycles. The first-order valence-corrected chi connectivity index (χ1v) is 9.33. The maximum absolute atomic E-state index is 11.6. The average molecular weight is 354 g/mol. The topological polar surface area (TPSA) is 96.7 Å². The van der Waals surface area contributed by atoms with E-state index in [2.05, 4.69) is 15.3 Å². The molecule has 1 aromatic heterocycles. The van der Waals surface area contributed by atoms with Gasteiger partial charge in [-0.1, -0.05) is 0 Å². The average Bonchev–Trinajstić information content (AvgIpc) is 2.62. The van der Waals surface area contributed by atoms with Gasteiger partial charge < -0.3 is 19.9 Å². The second-order valence-electron chi connectivity index (χ2n) is 5.53. The number of rotatable bonds is 5. The molecule has 1 aromatic rings. The Kier molecular flexibility index (Phi) is 5.56. The lowest BCUT2D eigenvalue weighted by molar-refractivity contribution is -0.385. The van der Waals surface area contributed by atoms with Gasteiger partial charge in [-0.3, -0.25) is 10.1 Å². The van der Waals surface area contributed by atoms with Crippen LogP contribution in [0.1, 0.15) is 6.92 Å². The fraction of sp³-hybridized carbons (Fsp3) is 0.714. The number of hydrogen-bond donors (Lipinski definition) is 1. The fourth-order valence-corrected chi connectivity index (χ4v) is 3.71. The summed E-state index contributed by atoms with van der Waals surface area (Å²) < 4.78 is 5.49. The van der Waals surface area contributed by atoms with Crippen LogP contribution in [0, 0.1) is 10.1 Å². The van der Waals surface area contributed by atoms with E-state index >= 15 is 0 Å². The molecule has 132 valence electrons. The Morgan fingerprint density at radius 1 is 1.21 bits per heavy atom. The van der Waals surface area contributed by atoms with Crippen LogP contribution in [0.3, 0.4) is 0 Å². The van der Waals surface area contributed by atoms with E-state index in [-0.39, 0.29) is 11.6 Å². The van der Waals surface area contributed by atoms with Crippen molar-refractivity contribution < 1.29 is 9.66 Å². The van der Waals surface area contributed by atoms with Crippen LogP contribution in [0.2, 0.25) is 0 Å². The van der Waals surface area contributed by atoms with E-state index in [9.17, 15) is 10.1 Å². The van der Waals surface area contributed by atoms with Crippen molar-refractivity contribution in [1.29, 1.82) is 0 Å². The van der Waals surface area contributed by atoms with E-state index in [0.717, 1.165) is 50.8 Å². The quantitative estimate of drug-likeness (QED) is 0.606. The molecule has 0 spiro atoms. The predicted octanol–water partition coefficient (Wildman–Crippen LogP) is 0.746. The van der Waals surface area contributed by atoms with E-state index in [0.29, 0.717) is 18.4 Å². The summed E-state index contributed by atoms with van der Waals surface area (Å²) in [5.74, 6) is 2.84. The third kappa shape index (κ3) is 3.64. The van der Waals surface area contributed by atoms with Crippen LogP contribution in [0.4, 0.5) is 17.5 Å². The van der Waals surface area contributed by atoms with Crippen molar-refractivity contribution in [2.45, 2.75) is 6.92 Å². The van der Waals surface area contributed by atoms with Crippen molar-refractivity contribution in [3.63, 3.8) is 0 Å². The van der Waals surface area contributed by atoms with Crippen molar-refractivity contribution >= 4 is 29.2 Å². The molecule has 2 aliphatic heterocycles. The zero-order valence-corrected chi connectivity index (χ0v) is 14.5. The van der Waals surface area contributed by atoms with Gasteiger partial charge in [0.25, 0.3) is 0 Å². The molecule has 3 heterocycles. The Balaban J connectivity index is 2.04. The Morgan fingerprint density at radius 2 is 1.92 bits per heavy atom. The van der Waals surface area contributed by atoms with Crippen molar-refractivity contribution in [2.75, 3.05) is 67.2 Å². The molecule has 0 bridgehead atoms. The number of anilines is 2. The van der Waals surface area contributed by atoms with Gasteiger partial charge in [0.05, 0.1) is 11.5 Å². The van der Waals surface area contributed by atoms with Gasteiger partial charge in [-0.2, -0.15) is 21.7 Å². The van der Waals surface area contributed by atoms with Gasteiger partial charge in [0, 0.05) is 50.8 Å². The number of hydrogen-bond acceptors (Lipinski definition) is 9. The molecule has 0 saturated carbocycles. The summed E-state index contributed by atoms with van der Waals surface area (Å²) in [5, 5.41) is 14.9. The highest BCUT2D eigenvalue weighted by atomic mass is 32.2. The number of aromatic nitrogens is 2. The first kappa shape index (κ1) is 17.0. The maximum atomic E-state index is 11.6. The summed E-state index contributed by atoms with van der Waals surface area (Å²) in [7, 11) is 0. The minimum Gasteiger partial charge on any atom is -0.473 e. The predicted molar refractivity (Wildman–Crippen MR) is 94.5 cm³/mol. The molecule has 2 fully saturated rings. The molecular formula is C14H22N6O3S. The monoisotopic (exact) mass is 354 g/mol. The minimum absolute atomic E-state index is 0.0688. The number of nitrogens with one attached hydrogen (secondary N) is 1. The number of nitro groups is 1. The summed E-state index contributed by atoms with van der Waals surface area (Å²) >= 11 is 1.85. The normalized spacial score (nSPS) is 18.5. The summed E-state index contributed by atoms with van der Waals surface area (Å²) in [6.45, 7) is 6.86. The summed E-state index contributed by atoms with van der Waals surface area (Å²) in [4.78, 5) is 24.2. The first-order chi connectivity index (χ1) is 11.7. The molecule has 9 nitrogen and oxygen atoms in total. The molecule has 0 unspecified atom stereocenters. The first-order valence-electron chi connectivity index (χ1n) is 8.18. The highest BCUT2D eigenvalue weighted by Crippen LogP contribution is 2.37. The van der Waals surface area contributed by atoms with Crippen molar-refractivity contribution in [3.8, 4) is 5.88 Å². The van der Waals surface area contributed by atoms with Gasteiger partial charge in [-0.15, -0.1) is 0 Å². The molecule has 0 amide bonds. The van der Waals surface area contributed by atoms with Gasteiger partial charge in [0.2, 0.25) is 11.8 Å². The number of thioether (sulfide) groups is 1. The molecule has 0 aliphatic carbocycles. The number of ether oxygens (including phenoxy) is 1. The smallest absolute Gasteiger partial charge is 0.373 e. The third-order valence-electron chi connectivity index (χ3n) is 4.00. The standard InChI is InChI=1S/C14H22N6O3S/c1-2-23-13-11(20(21)22)12(18-7-9-24-10-8-18)16-14(17-13)19-5-3-15-4-6-19/h15H,2-10H2,1H3. The van der Waals surface area contributed by atoms with E-state index in [1.807, 2.05) is 21.6 Å². The van der Waals surface area contributed by atoms with Crippen LogP contribution in [-0.4, -0.2) is 72.3 Å². The summed E-state index contributed by atoms with van der Waals surface area (Å²) in [5.41, 5.74) is -0.123. The molecule has 2 aliphatic rings. The third-order valence-corrected chi connectivity index (χ3v) is 4.94. The van der Waals surface area contributed by atoms with Gasteiger partial charge in [-0.05, 0) is 6.92 Å². The fourth-order valence-electron chi connectivity index (χ4n) is 2.81. The molecule has 3 rings (SSSR count). The zero-order chi connectivity index (χ0) is 16.9. The Labute approximate surface area is 144 Å².